The monoisotopic (exact) mass is 215 g/mol. The predicted molar refractivity (Wildman–Crippen MR) is 61.6 cm³/mol. The van der Waals surface area contributed by atoms with Crippen molar-refractivity contribution in [3.05, 3.63) is 46.5 Å². The molecule has 0 bridgehead atoms. The van der Waals surface area contributed by atoms with Crippen LogP contribution in [-0.4, -0.2) is 9.36 Å². The quantitative estimate of drug-likeness (QED) is 0.794. The van der Waals surface area contributed by atoms with E-state index < -0.39 is 0 Å². The number of anilines is 1. The number of benzene rings is 1. The number of aromatic nitrogens is 2. The topological polar surface area (TPSA) is 51.8 Å². The van der Waals surface area contributed by atoms with E-state index in [1.807, 2.05) is 12.1 Å². The van der Waals surface area contributed by atoms with E-state index in [1.54, 1.807) is 0 Å². The lowest BCUT2D eigenvalue weighted by molar-refractivity contribution is 1.02. The minimum Gasteiger partial charge on any atom is -0.367 e. The van der Waals surface area contributed by atoms with E-state index in [4.69, 9.17) is 5.73 Å². The van der Waals surface area contributed by atoms with Crippen LogP contribution in [0.15, 0.2) is 30.3 Å². The summed E-state index contributed by atoms with van der Waals surface area (Å²) in [7, 11) is 0. The van der Waals surface area contributed by atoms with Gasteiger partial charge in [-0.3, -0.25) is 0 Å². The van der Waals surface area contributed by atoms with Crippen LogP contribution in [0.1, 0.15) is 22.1 Å². The van der Waals surface area contributed by atoms with Gasteiger partial charge in [0.2, 0.25) is 5.95 Å². The first-order valence-electron chi connectivity index (χ1n) is 4.71. The molecule has 3 rings (SSSR count). The SMILES string of the molecule is Nc1nsc(C2C=Cc3ccccc32)n1. The van der Waals surface area contributed by atoms with Crippen LogP contribution in [0, 0.1) is 0 Å². The first kappa shape index (κ1) is 8.61. The highest BCUT2D eigenvalue weighted by molar-refractivity contribution is 7.05. The Morgan fingerprint density at radius 2 is 2.13 bits per heavy atom. The third-order valence-electron chi connectivity index (χ3n) is 2.52. The number of nitrogens with two attached hydrogens (primary N) is 1. The molecule has 0 amide bonds. The fourth-order valence-electron chi connectivity index (χ4n) is 1.84. The molecule has 2 aromatic rings. The minimum absolute atomic E-state index is 0.232. The molecule has 4 heteroatoms. The van der Waals surface area contributed by atoms with Gasteiger partial charge in [0.25, 0.3) is 0 Å². The Balaban J connectivity index is 2.08. The molecule has 1 unspecified atom stereocenters. The van der Waals surface area contributed by atoms with Crippen LogP contribution in [0.2, 0.25) is 0 Å². The summed E-state index contributed by atoms with van der Waals surface area (Å²) in [6, 6.07) is 8.32. The summed E-state index contributed by atoms with van der Waals surface area (Å²) < 4.78 is 4.01. The first-order valence-corrected chi connectivity index (χ1v) is 5.48. The van der Waals surface area contributed by atoms with Crippen LogP contribution in [0.5, 0.6) is 0 Å². The number of allylic oxidation sites excluding steroid dienone is 1. The van der Waals surface area contributed by atoms with Gasteiger partial charge in [-0.25, -0.2) is 4.98 Å². The molecule has 0 aliphatic heterocycles. The molecule has 1 atom stereocenters. The second-order valence-corrected chi connectivity index (χ2v) is 4.24. The highest BCUT2D eigenvalue weighted by Crippen LogP contribution is 2.35. The molecule has 15 heavy (non-hydrogen) atoms. The maximum Gasteiger partial charge on any atom is 0.232 e. The summed E-state index contributed by atoms with van der Waals surface area (Å²) in [5, 5.41) is 0.966. The van der Waals surface area contributed by atoms with Crippen LogP contribution < -0.4 is 5.73 Å². The summed E-state index contributed by atoms with van der Waals surface area (Å²) in [6.07, 6.45) is 4.27. The van der Waals surface area contributed by atoms with Gasteiger partial charge in [0, 0.05) is 0 Å². The second-order valence-electron chi connectivity index (χ2n) is 3.46. The van der Waals surface area contributed by atoms with Gasteiger partial charge in [0.1, 0.15) is 5.01 Å². The Hall–Kier alpha value is -1.68. The van der Waals surface area contributed by atoms with Crippen molar-refractivity contribution in [3.63, 3.8) is 0 Å². The van der Waals surface area contributed by atoms with Crippen LogP contribution in [-0.2, 0) is 0 Å². The predicted octanol–water partition coefficient (Wildman–Crippen LogP) is 2.28. The van der Waals surface area contributed by atoms with Crippen LogP contribution in [0.3, 0.4) is 0 Å². The molecule has 0 saturated heterocycles. The number of nitrogens with zero attached hydrogens (tertiary/aromatic N) is 2. The zero-order chi connectivity index (χ0) is 10.3. The van der Waals surface area contributed by atoms with E-state index in [9.17, 15) is 0 Å². The maximum atomic E-state index is 5.53. The Morgan fingerprint density at radius 3 is 2.93 bits per heavy atom. The molecule has 74 valence electrons. The average molecular weight is 215 g/mol. The van der Waals surface area contributed by atoms with E-state index in [0.29, 0.717) is 5.95 Å². The number of fused-ring (bicyclic) bond motifs is 1. The third kappa shape index (κ3) is 1.34. The lowest BCUT2D eigenvalue weighted by Crippen LogP contribution is -1.95. The van der Waals surface area contributed by atoms with E-state index in [1.165, 1.54) is 22.7 Å². The van der Waals surface area contributed by atoms with Gasteiger partial charge >= 0.3 is 0 Å². The fraction of sp³-hybridized carbons (Fsp3) is 0.0909. The van der Waals surface area contributed by atoms with Gasteiger partial charge in [-0.1, -0.05) is 36.4 Å². The lowest BCUT2D eigenvalue weighted by atomic mass is 10.0. The van der Waals surface area contributed by atoms with E-state index in [2.05, 4.69) is 33.6 Å². The smallest absolute Gasteiger partial charge is 0.232 e. The summed E-state index contributed by atoms with van der Waals surface area (Å²) in [6.45, 7) is 0. The molecule has 0 saturated carbocycles. The van der Waals surface area contributed by atoms with E-state index >= 15 is 0 Å². The van der Waals surface area contributed by atoms with E-state index in [0.717, 1.165) is 5.01 Å². The zero-order valence-electron chi connectivity index (χ0n) is 7.92. The molecular formula is C11H9N3S. The van der Waals surface area contributed by atoms with Gasteiger partial charge < -0.3 is 5.73 Å². The minimum atomic E-state index is 0.232. The molecule has 1 heterocycles. The molecule has 0 spiro atoms. The van der Waals surface area contributed by atoms with Crippen molar-refractivity contribution in [1.82, 2.24) is 9.36 Å². The molecular weight excluding hydrogens is 206 g/mol. The molecule has 0 radical (unpaired) electrons. The van der Waals surface area contributed by atoms with Crippen LogP contribution in [0.4, 0.5) is 5.95 Å². The first-order chi connectivity index (χ1) is 7.34. The van der Waals surface area contributed by atoms with Crippen LogP contribution in [0.25, 0.3) is 6.08 Å². The highest BCUT2D eigenvalue weighted by atomic mass is 32.1. The average Bonchev–Trinajstić information content (AvgIpc) is 2.83. The van der Waals surface area contributed by atoms with Crippen molar-refractivity contribution in [1.29, 1.82) is 0 Å². The van der Waals surface area contributed by atoms with Gasteiger partial charge in [-0.2, -0.15) is 4.37 Å². The second kappa shape index (κ2) is 3.17. The fourth-order valence-corrected chi connectivity index (χ4v) is 2.52. The van der Waals surface area contributed by atoms with Gasteiger partial charge in [0.05, 0.1) is 5.92 Å². The Morgan fingerprint density at radius 1 is 1.27 bits per heavy atom. The summed E-state index contributed by atoms with van der Waals surface area (Å²) in [4.78, 5) is 4.23. The standard InChI is InChI=1S/C11H9N3S/c12-11-13-10(15-14-11)9-6-5-7-3-1-2-4-8(7)9/h1-6,9H,(H2,12,14). The number of hydrogen-bond donors (Lipinski definition) is 1. The van der Waals surface area contributed by atoms with Gasteiger partial charge in [-0.15, -0.1) is 0 Å². The Kier molecular flexibility index (Phi) is 1.82. The molecule has 0 fully saturated rings. The van der Waals surface area contributed by atoms with Crippen LogP contribution >= 0.6 is 11.5 Å². The Labute approximate surface area is 91.4 Å². The van der Waals surface area contributed by atoms with Crippen molar-refractivity contribution in [2.45, 2.75) is 5.92 Å². The van der Waals surface area contributed by atoms with Crippen molar-refractivity contribution in [2.75, 3.05) is 5.73 Å². The number of nitrogen functional groups attached to an aromatic ring is 1. The molecule has 2 N–H and O–H groups in total. The molecule has 3 nitrogen and oxygen atoms in total. The molecule has 1 aromatic heterocycles. The normalized spacial score (nSPS) is 18.0. The molecule has 1 aliphatic rings. The molecule has 1 aliphatic carbocycles. The number of hydrogen-bond acceptors (Lipinski definition) is 4. The number of rotatable bonds is 1. The van der Waals surface area contributed by atoms with Crippen molar-refractivity contribution in [3.8, 4) is 0 Å². The zero-order valence-corrected chi connectivity index (χ0v) is 8.74. The van der Waals surface area contributed by atoms with Crippen molar-refractivity contribution in [2.24, 2.45) is 0 Å². The Bertz CT molecular complexity index is 530. The summed E-state index contributed by atoms with van der Waals surface area (Å²) in [5.74, 6) is 0.601. The summed E-state index contributed by atoms with van der Waals surface area (Å²) >= 11 is 1.37. The van der Waals surface area contributed by atoms with Gasteiger partial charge in [-0.05, 0) is 22.7 Å². The third-order valence-corrected chi connectivity index (χ3v) is 3.33. The molecule has 1 aromatic carbocycles. The van der Waals surface area contributed by atoms with E-state index in [-0.39, 0.29) is 5.92 Å². The van der Waals surface area contributed by atoms with Gasteiger partial charge in [0.15, 0.2) is 0 Å². The maximum absolute atomic E-state index is 5.53. The lowest BCUT2D eigenvalue weighted by Gasteiger charge is -2.05. The van der Waals surface area contributed by atoms with Crippen molar-refractivity contribution >= 4 is 23.6 Å². The largest absolute Gasteiger partial charge is 0.367 e. The highest BCUT2D eigenvalue weighted by Gasteiger charge is 2.21. The van der Waals surface area contributed by atoms with Crippen molar-refractivity contribution < 1.29 is 0 Å². The summed E-state index contributed by atoms with van der Waals surface area (Å²) in [5.41, 5.74) is 8.08.